The van der Waals surface area contributed by atoms with E-state index < -0.39 is 0 Å². The summed E-state index contributed by atoms with van der Waals surface area (Å²) in [5, 5.41) is 12.2. The predicted molar refractivity (Wildman–Crippen MR) is 73.7 cm³/mol. The van der Waals surface area contributed by atoms with Gasteiger partial charge in [-0.1, -0.05) is 13.8 Å². The van der Waals surface area contributed by atoms with Crippen LogP contribution in [0.3, 0.4) is 0 Å². The minimum Gasteiger partial charge on any atom is -0.310 e. The van der Waals surface area contributed by atoms with Gasteiger partial charge in [0.2, 0.25) is 0 Å². The number of nitrogens with zero attached hydrogens (tertiary/aromatic N) is 5. The van der Waals surface area contributed by atoms with Gasteiger partial charge in [-0.05, 0) is 26.0 Å². The number of hydrogen-bond acceptors (Lipinski definition) is 4. The average Bonchev–Trinajstić information content (AvgIpc) is 3.05. The molecule has 0 spiro atoms. The van der Waals surface area contributed by atoms with Crippen molar-refractivity contribution in [3.63, 3.8) is 0 Å². The Morgan fingerprint density at radius 2 is 2.16 bits per heavy atom. The van der Waals surface area contributed by atoms with Crippen LogP contribution in [0.15, 0.2) is 18.6 Å². The van der Waals surface area contributed by atoms with Crippen molar-refractivity contribution in [1.82, 2.24) is 29.9 Å². The average molecular weight is 262 g/mol. The van der Waals surface area contributed by atoms with Crippen LogP contribution in [0.1, 0.15) is 44.8 Å². The summed E-state index contributed by atoms with van der Waals surface area (Å²) in [6.07, 6.45) is 4.87. The highest BCUT2D eigenvalue weighted by Gasteiger charge is 2.06. The van der Waals surface area contributed by atoms with Gasteiger partial charge < -0.3 is 5.32 Å². The molecule has 6 nitrogen and oxygen atoms in total. The Bertz CT molecular complexity index is 501. The van der Waals surface area contributed by atoms with Gasteiger partial charge in [0, 0.05) is 12.2 Å². The second kappa shape index (κ2) is 6.47. The Hall–Kier alpha value is -1.69. The molecule has 6 heteroatoms. The first kappa shape index (κ1) is 13.7. The van der Waals surface area contributed by atoms with Crippen LogP contribution in [0.5, 0.6) is 0 Å². The van der Waals surface area contributed by atoms with Crippen LogP contribution in [0.2, 0.25) is 0 Å². The molecule has 2 rings (SSSR count). The summed E-state index contributed by atoms with van der Waals surface area (Å²) in [7, 11) is 0. The van der Waals surface area contributed by atoms with Crippen molar-refractivity contribution < 1.29 is 0 Å². The molecule has 0 saturated heterocycles. The van der Waals surface area contributed by atoms with Gasteiger partial charge in [0.25, 0.3) is 0 Å². The van der Waals surface area contributed by atoms with Gasteiger partial charge in [-0.2, -0.15) is 10.2 Å². The van der Waals surface area contributed by atoms with E-state index in [1.807, 2.05) is 21.6 Å². The molecule has 2 aromatic heterocycles. The number of rotatable bonds is 7. The molecule has 104 valence electrons. The Balaban J connectivity index is 1.96. The van der Waals surface area contributed by atoms with Crippen LogP contribution < -0.4 is 5.32 Å². The highest BCUT2D eigenvalue weighted by molar-refractivity contribution is 5.00. The summed E-state index contributed by atoms with van der Waals surface area (Å²) >= 11 is 0. The Kier molecular flexibility index (Phi) is 4.68. The molecule has 1 atom stereocenters. The first-order valence-electron chi connectivity index (χ1n) is 6.86. The zero-order valence-electron chi connectivity index (χ0n) is 11.9. The largest absolute Gasteiger partial charge is 0.310 e. The molecule has 0 aliphatic rings. The first-order valence-corrected chi connectivity index (χ1v) is 6.86. The second-order valence-corrected chi connectivity index (χ2v) is 4.68. The number of hydrogen-bond donors (Lipinski definition) is 1. The lowest BCUT2D eigenvalue weighted by Gasteiger charge is -2.08. The third-order valence-corrected chi connectivity index (χ3v) is 3.15. The molecular formula is C13H22N6. The summed E-state index contributed by atoms with van der Waals surface area (Å²) in [5.41, 5.74) is 1.01. The first-order chi connectivity index (χ1) is 9.22. The van der Waals surface area contributed by atoms with E-state index in [0.717, 1.165) is 24.5 Å². The zero-order valence-corrected chi connectivity index (χ0v) is 11.9. The van der Waals surface area contributed by atoms with Crippen molar-refractivity contribution in [2.45, 2.75) is 46.3 Å². The summed E-state index contributed by atoms with van der Waals surface area (Å²) in [6.45, 7) is 8.71. The van der Waals surface area contributed by atoms with E-state index in [2.05, 4.69) is 41.3 Å². The molecule has 0 aromatic carbocycles. The summed E-state index contributed by atoms with van der Waals surface area (Å²) in [6, 6.07) is 2.48. The van der Waals surface area contributed by atoms with Gasteiger partial charge in [0.15, 0.2) is 5.82 Å². The van der Waals surface area contributed by atoms with Gasteiger partial charge >= 0.3 is 0 Å². The lowest BCUT2D eigenvalue weighted by atomic mass is 10.3. The molecular weight excluding hydrogens is 240 g/mol. The molecule has 0 aliphatic carbocycles. The van der Waals surface area contributed by atoms with Gasteiger partial charge in [0.1, 0.15) is 6.33 Å². The lowest BCUT2D eigenvalue weighted by molar-refractivity contribution is 0.470. The highest BCUT2D eigenvalue weighted by Crippen LogP contribution is 2.09. The SMILES string of the molecule is CCNCc1ncn(Cc2ccn(C(C)CC)n2)n1. The minimum atomic E-state index is 0.439. The quantitative estimate of drug-likeness (QED) is 0.823. The van der Waals surface area contributed by atoms with E-state index in [1.54, 1.807) is 6.33 Å². The molecule has 19 heavy (non-hydrogen) atoms. The van der Waals surface area contributed by atoms with Gasteiger partial charge in [0.05, 0.1) is 18.8 Å². The van der Waals surface area contributed by atoms with Crippen LogP contribution in [0.25, 0.3) is 0 Å². The third kappa shape index (κ3) is 3.64. The molecule has 1 N–H and O–H groups in total. The maximum atomic E-state index is 4.56. The summed E-state index contributed by atoms with van der Waals surface area (Å²) < 4.78 is 3.84. The maximum absolute atomic E-state index is 4.56. The van der Waals surface area contributed by atoms with Gasteiger partial charge in [-0.3, -0.25) is 4.68 Å². The topological polar surface area (TPSA) is 60.6 Å². The molecule has 0 aliphatic heterocycles. The fraction of sp³-hybridized carbons (Fsp3) is 0.615. The van der Waals surface area contributed by atoms with E-state index in [0.29, 0.717) is 19.1 Å². The van der Waals surface area contributed by atoms with Crippen LogP contribution in [0.4, 0.5) is 0 Å². The van der Waals surface area contributed by atoms with Crippen LogP contribution in [-0.2, 0) is 13.1 Å². The maximum Gasteiger partial charge on any atom is 0.164 e. The van der Waals surface area contributed by atoms with Crippen molar-refractivity contribution in [3.8, 4) is 0 Å². The Morgan fingerprint density at radius 1 is 1.32 bits per heavy atom. The van der Waals surface area contributed by atoms with E-state index in [4.69, 9.17) is 0 Å². The monoisotopic (exact) mass is 262 g/mol. The molecule has 2 heterocycles. The third-order valence-electron chi connectivity index (χ3n) is 3.15. The molecule has 2 aromatic rings. The van der Waals surface area contributed by atoms with Crippen molar-refractivity contribution in [1.29, 1.82) is 0 Å². The molecule has 1 unspecified atom stereocenters. The summed E-state index contributed by atoms with van der Waals surface area (Å²) in [4.78, 5) is 4.26. The van der Waals surface area contributed by atoms with E-state index in [-0.39, 0.29) is 0 Å². The van der Waals surface area contributed by atoms with Gasteiger partial charge in [-0.15, -0.1) is 0 Å². The fourth-order valence-corrected chi connectivity index (χ4v) is 1.79. The van der Waals surface area contributed by atoms with Crippen molar-refractivity contribution in [2.75, 3.05) is 6.54 Å². The molecule has 0 bridgehead atoms. The van der Waals surface area contributed by atoms with Crippen LogP contribution >= 0.6 is 0 Å². The van der Waals surface area contributed by atoms with Crippen molar-refractivity contribution >= 4 is 0 Å². The Morgan fingerprint density at radius 3 is 2.89 bits per heavy atom. The highest BCUT2D eigenvalue weighted by atomic mass is 15.4. The standard InChI is InChI=1S/C13H22N6/c1-4-11(3)19-7-6-12(16-19)9-18-10-15-13(17-18)8-14-5-2/h6-7,10-11,14H,4-5,8-9H2,1-3H3. The predicted octanol–water partition coefficient (Wildman–Crippen LogP) is 1.60. The number of aromatic nitrogens is 5. The van der Waals surface area contributed by atoms with E-state index in [9.17, 15) is 0 Å². The van der Waals surface area contributed by atoms with Gasteiger partial charge in [-0.25, -0.2) is 9.67 Å². The Labute approximate surface area is 113 Å². The second-order valence-electron chi connectivity index (χ2n) is 4.68. The van der Waals surface area contributed by atoms with E-state index >= 15 is 0 Å². The normalized spacial score (nSPS) is 12.8. The molecule has 0 amide bonds. The van der Waals surface area contributed by atoms with Crippen molar-refractivity contribution in [2.24, 2.45) is 0 Å². The smallest absolute Gasteiger partial charge is 0.164 e. The molecule has 0 fully saturated rings. The zero-order chi connectivity index (χ0) is 13.7. The van der Waals surface area contributed by atoms with Crippen molar-refractivity contribution in [3.05, 3.63) is 30.1 Å². The van der Waals surface area contributed by atoms with Crippen LogP contribution in [0, 0.1) is 0 Å². The fourth-order valence-electron chi connectivity index (χ4n) is 1.79. The minimum absolute atomic E-state index is 0.439. The van der Waals surface area contributed by atoms with Crippen LogP contribution in [-0.4, -0.2) is 31.1 Å². The number of nitrogens with one attached hydrogen (secondary N) is 1. The lowest BCUT2D eigenvalue weighted by Crippen LogP contribution is -2.13. The van der Waals surface area contributed by atoms with E-state index in [1.165, 1.54) is 0 Å². The molecule has 0 saturated carbocycles. The molecule has 0 radical (unpaired) electrons. The summed E-state index contributed by atoms with van der Waals surface area (Å²) in [5.74, 6) is 0.822.